The Morgan fingerprint density at radius 1 is 1.53 bits per heavy atom. The zero-order valence-corrected chi connectivity index (χ0v) is 9.45. The first-order valence-electron chi connectivity index (χ1n) is 5.57. The van der Waals surface area contributed by atoms with Gasteiger partial charge in [0.1, 0.15) is 11.7 Å². The lowest BCUT2D eigenvalue weighted by atomic mass is 10.2. The van der Waals surface area contributed by atoms with Crippen molar-refractivity contribution in [2.45, 2.75) is 31.8 Å². The summed E-state index contributed by atoms with van der Waals surface area (Å²) in [6, 6.07) is 1.71. The lowest BCUT2D eigenvalue weighted by Gasteiger charge is -2.12. The number of hydrogen-bond donors (Lipinski definition) is 2. The summed E-state index contributed by atoms with van der Waals surface area (Å²) in [6.07, 6.45) is 3.01. The molecule has 3 N–H and O–H groups in total. The molecule has 0 aromatic carbocycles. The third kappa shape index (κ3) is 1.57. The molecule has 3 rings (SSSR count). The highest BCUT2D eigenvalue weighted by Crippen LogP contribution is 2.31. The Morgan fingerprint density at radius 2 is 2.35 bits per heavy atom. The van der Waals surface area contributed by atoms with Crippen LogP contribution in [0.3, 0.4) is 0 Å². The number of nitrogen functional groups attached to an aromatic ring is 1. The van der Waals surface area contributed by atoms with Crippen LogP contribution in [0.25, 0.3) is 11.2 Å². The van der Waals surface area contributed by atoms with Crippen LogP contribution in [-0.2, 0) is 4.74 Å². The largest absolute Gasteiger partial charge is 0.397 e. The van der Waals surface area contributed by atoms with Gasteiger partial charge in [0.2, 0.25) is 0 Å². The van der Waals surface area contributed by atoms with Gasteiger partial charge in [-0.1, -0.05) is 0 Å². The highest BCUT2D eigenvalue weighted by atomic mass is 16.5. The second kappa shape index (κ2) is 3.68. The number of fused-ring (bicyclic) bond motifs is 1. The molecule has 2 aromatic heterocycles. The number of hydrogen-bond acceptors (Lipinski definition) is 5. The molecule has 0 spiro atoms. The molecule has 6 nitrogen and oxygen atoms in total. The molecule has 6 heteroatoms. The molecule has 0 bridgehead atoms. The Morgan fingerprint density at radius 3 is 3.06 bits per heavy atom. The second-order valence-electron chi connectivity index (χ2n) is 4.32. The van der Waals surface area contributed by atoms with Gasteiger partial charge in [-0.05, 0) is 13.0 Å². The molecular formula is C11H14N4O2. The van der Waals surface area contributed by atoms with Crippen molar-refractivity contribution in [2.75, 3.05) is 5.73 Å². The monoisotopic (exact) mass is 234 g/mol. The molecule has 0 aliphatic carbocycles. The Labute approximate surface area is 98.0 Å². The Hall–Kier alpha value is -1.66. The van der Waals surface area contributed by atoms with Gasteiger partial charge in [-0.25, -0.2) is 9.97 Å². The van der Waals surface area contributed by atoms with Crippen LogP contribution in [-0.4, -0.2) is 31.8 Å². The molecule has 1 fully saturated rings. The van der Waals surface area contributed by atoms with Crippen molar-refractivity contribution in [2.24, 2.45) is 0 Å². The average Bonchev–Trinajstić information content (AvgIpc) is 2.85. The third-order valence-electron chi connectivity index (χ3n) is 3.16. The number of imidazole rings is 1. The number of nitrogens with two attached hydrogens (primary N) is 1. The van der Waals surface area contributed by atoms with Crippen molar-refractivity contribution in [3.05, 3.63) is 18.6 Å². The van der Waals surface area contributed by atoms with Gasteiger partial charge in [0, 0.05) is 12.6 Å². The van der Waals surface area contributed by atoms with Gasteiger partial charge < -0.3 is 15.6 Å². The van der Waals surface area contributed by atoms with E-state index in [1.54, 1.807) is 18.6 Å². The van der Waals surface area contributed by atoms with Gasteiger partial charge in [-0.3, -0.25) is 4.57 Å². The summed E-state index contributed by atoms with van der Waals surface area (Å²) in [5, 5.41) is 9.69. The zero-order valence-electron chi connectivity index (χ0n) is 9.45. The smallest absolute Gasteiger partial charge is 0.164 e. The fraction of sp³-hybridized carbons (Fsp3) is 0.455. The maximum atomic E-state index is 9.69. The van der Waals surface area contributed by atoms with E-state index in [4.69, 9.17) is 10.5 Å². The van der Waals surface area contributed by atoms with E-state index in [2.05, 4.69) is 9.97 Å². The summed E-state index contributed by atoms with van der Waals surface area (Å²) < 4.78 is 7.48. The number of aliphatic hydroxyl groups is 1. The van der Waals surface area contributed by atoms with E-state index in [1.807, 2.05) is 11.5 Å². The fourth-order valence-electron chi connectivity index (χ4n) is 2.14. The summed E-state index contributed by atoms with van der Waals surface area (Å²) in [4.78, 5) is 8.48. The van der Waals surface area contributed by atoms with E-state index < -0.39 is 6.10 Å². The van der Waals surface area contributed by atoms with E-state index in [1.165, 1.54) is 0 Å². The topological polar surface area (TPSA) is 86.2 Å². The average molecular weight is 234 g/mol. The first kappa shape index (κ1) is 10.5. The molecule has 0 saturated carbocycles. The number of rotatable bonds is 1. The van der Waals surface area contributed by atoms with Gasteiger partial charge in [0.05, 0.1) is 24.2 Å². The van der Waals surface area contributed by atoms with Crippen molar-refractivity contribution in [3.8, 4) is 0 Å². The van der Waals surface area contributed by atoms with Crippen LogP contribution in [0.1, 0.15) is 19.6 Å². The molecule has 1 aliphatic rings. The van der Waals surface area contributed by atoms with Crippen LogP contribution in [0.15, 0.2) is 18.6 Å². The third-order valence-corrected chi connectivity index (χ3v) is 3.16. The quantitative estimate of drug-likeness (QED) is 0.757. The van der Waals surface area contributed by atoms with Crippen LogP contribution in [0.5, 0.6) is 0 Å². The molecule has 0 radical (unpaired) electrons. The summed E-state index contributed by atoms with van der Waals surface area (Å²) >= 11 is 0. The second-order valence-corrected chi connectivity index (χ2v) is 4.32. The van der Waals surface area contributed by atoms with Crippen molar-refractivity contribution in [1.82, 2.24) is 14.5 Å². The number of anilines is 1. The van der Waals surface area contributed by atoms with Gasteiger partial charge in [-0.15, -0.1) is 0 Å². The van der Waals surface area contributed by atoms with E-state index in [0.29, 0.717) is 23.3 Å². The number of ether oxygens (including phenoxy) is 1. The lowest BCUT2D eigenvalue weighted by molar-refractivity contribution is -0.00632. The predicted octanol–water partition coefficient (Wildman–Crippen LogP) is 0.682. The fourth-order valence-corrected chi connectivity index (χ4v) is 2.14. The van der Waals surface area contributed by atoms with Gasteiger partial charge in [0.15, 0.2) is 5.65 Å². The minimum absolute atomic E-state index is 0.168. The molecular weight excluding hydrogens is 220 g/mol. The van der Waals surface area contributed by atoms with E-state index >= 15 is 0 Å². The maximum Gasteiger partial charge on any atom is 0.164 e. The molecule has 17 heavy (non-hydrogen) atoms. The van der Waals surface area contributed by atoms with E-state index in [0.717, 1.165) is 0 Å². The summed E-state index contributed by atoms with van der Waals surface area (Å²) in [6.45, 7) is 1.85. The van der Waals surface area contributed by atoms with Crippen molar-refractivity contribution in [1.29, 1.82) is 0 Å². The molecule has 1 saturated heterocycles. The van der Waals surface area contributed by atoms with E-state index in [-0.39, 0.29) is 12.3 Å². The van der Waals surface area contributed by atoms with Gasteiger partial charge >= 0.3 is 0 Å². The molecule has 3 heterocycles. The van der Waals surface area contributed by atoms with E-state index in [9.17, 15) is 5.11 Å². The van der Waals surface area contributed by atoms with Crippen LogP contribution in [0.2, 0.25) is 0 Å². The zero-order chi connectivity index (χ0) is 12.0. The Bertz CT molecular complexity index is 543. The highest BCUT2D eigenvalue weighted by molar-refractivity contribution is 5.83. The molecule has 2 aromatic rings. The van der Waals surface area contributed by atoms with Crippen molar-refractivity contribution < 1.29 is 9.84 Å². The van der Waals surface area contributed by atoms with Crippen LogP contribution in [0.4, 0.5) is 5.69 Å². The van der Waals surface area contributed by atoms with Crippen LogP contribution >= 0.6 is 0 Å². The lowest BCUT2D eigenvalue weighted by Crippen LogP contribution is -2.15. The molecule has 0 unspecified atom stereocenters. The first-order valence-corrected chi connectivity index (χ1v) is 5.57. The summed E-state index contributed by atoms with van der Waals surface area (Å²) in [5.74, 6) is 0. The Kier molecular flexibility index (Phi) is 2.27. The summed E-state index contributed by atoms with van der Waals surface area (Å²) in [7, 11) is 0. The number of aromatic nitrogens is 3. The number of pyridine rings is 1. The maximum absolute atomic E-state index is 9.69. The molecule has 3 atom stereocenters. The summed E-state index contributed by atoms with van der Waals surface area (Å²) in [5.41, 5.74) is 7.78. The minimum atomic E-state index is -0.446. The molecule has 0 amide bonds. The molecule has 90 valence electrons. The predicted molar refractivity (Wildman–Crippen MR) is 62.1 cm³/mol. The number of aliphatic hydroxyl groups excluding tert-OH is 1. The normalized spacial score (nSPS) is 28.9. The standard InChI is InChI=1S/C11H14N4O2/c1-6-8(16)4-9(17-6)15-5-14-10-7(12)2-3-13-11(10)15/h2-3,5-6,8-9,16H,4H2,1H3,(H2,12,13)/t6-,8+,9-/m1/s1. The minimum Gasteiger partial charge on any atom is -0.397 e. The first-order chi connectivity index (χ1) is 8.16. The highest BCUT2D eigenvalue weighted by Gasteiger charge is 2.32. The molecule has 1 aliphatic heterocycles. The Balaban J connectivity index is 2.04. The van der Waals surface area contributed by atoms with Crippen LogP contribution < -0.4 is 5.73 Å². The van der Waals surface area contributed by atoms with Gasteiger partial charge in [0.25, 0.3) is 0 Å². The SMILES string of the molecule is C[C@H]1O[C@@H](n2cnc3c(N)ccnc32)C[C@@H]1O. The number of nitrogens with zero attached hydrogens (tertiary/aromatic N) is 3. The van der Waals surface area contributed by atoms with Crippen molar-refractivity contribution >= 4 is 16.9 Å². The van der Waals surface area contributed by atoms with Crippen molar-refractivity contribution in [3.63, 3.8) is 0 Å². The van der Waals surface area contributed by atoms with Crippen LogP contribution in [0, 0.1) is 0 Å². The van der Waals surface area contributed by atoms with Gasteiger partial charge in [-0.2, -0.15) is 0 Å².